The molecule has 176 valence electrons. The van der Waals surface area contributed by atoms with Crippen LogP contribution in [0.1, 0.15) is 22.3 Å². The molecule has 5 nitrogen and oxygen atoms in total. The highest BCUT2D eigenvalue weighted by atomic mass is 16.5. The first-order valence-electron chi connectivity index (χ1n) is 11.8. The molecule has 5 heteroatoms. The van der Waals surface area contributed by atoms with Gasteiger partial charge in [0.15, 0.2) is 0 Å². The Labute approximate surface area is 204 Å². The maximum absolute atomic E-state index is 12.2. The van der Waals surface area contributed by atoms with Crippen LogP contribution in [0.2, 0.25) is 0 Å². The van der Waals surface area contributed by atoms with E-state index in [9.17, 15) is 9.90 Å². The summed E-state index contributed by atoms with van der Waals surface area (Å²) in [6.45, 7) is 2.89. The van der Waals surface area contributed by atoms with Crippen molar-refractivity contribution in [2.24, 2.45) is 0 Å². The molecule has 4 aromatic carbocycles. The Kier molecular flexibility index (Phi) is 6.51. The van der Waals surface area contributed by atoms with Gasteiger partial charge in [-0.2, -0.15) is 0 Å². The molecule has 0 aliphatic rings. The molecule has 0 saturated carbocycles. The number of aromatic nitrogens is 1. The molecule has 35 heavy (non-hydrogen) atoms. The van der Waals surface area contributed by atoms with E-state index in [-0.39, 0.29) is 0 Å². The van der Waals surface area contributed by atoms with E-state index < -0.39 is 12.0 Å². The van der Waals surface area contributed by atoms with Gasteiger partial charge in [-0.05, 0) is 41.0 Å². The highest BCUT2D eigenvalue weighted by Crippen LogP contribution is 2.29. The first-order chi connectivity index (χ1) is 17.1. The molecule has 0 aliphatic carbocycles. The number of ether oxygens (including phenoxy) is 1. The number of nitrogens with one attached hydrogen (secondary N) is 2. The third-order valence-corrected chi connectivity index (χ3v) is 6.43. The Morgan fingerprint density at radius 2 is 1.69 bits per heavy atom. The number of carboxylic acid groups (broad SMARTS) is 1. The molecule has 1 unspecified atom stereocenters. The third-order valence-electron chi connectivity index (χ3n) is 6.43. The van der Waals surface area contributed by atoms with Gasteiger partial charge in [0.05, 0.1) is 0 Å². The molecule has 0 saturated heterocycles. The quantitative estimate of drug-likeness (QED) is 0.250. The van der Waals surface area contributed by atoms with Crippen LogP contribution in [0.25, 0.3) is 21.7 Å². The molecule has 0 spiro atoms. The molecule has 0 amide bonds. The first kappa shape index (κ1) is 22.7. The number of H-pyrrole nitrogens is 1. The molecule has 0 radical (unpaired) electrons. The molecule has 3 N–H and O–H groups in total. The van der Waals surface area contributed by atoms with E-state index in [1.165, 1.54) is 5.56 Å². The summed E-state index contributed by atoms with van der Waals surface area (Å²) >= 11 is 0. The Morgan fingerprint density at radius 3 is 2.49 bits per heavy atom. The van der Waals surface area contributed by atoms with Gasteiger partial charge in [0.1, 0.15) is 18.4 Å². The molecule has 0 aliphatic heterocycles. The zero-order chi connectivity index (χ0) is 24.2. The maximum Gasteiger partial charge on any atom is 0.321 e. The topological polar surface area (TPSA) is 74.3 Å². The van der Waals surface area contributed by atoms with Gasteiger partial charge in [-0.25, -0.2) is 0 Å². The predicted octanol–water partition coefficient (Wildman–Crippen LogP) is 5.99. The molecule has 0 bridgehead atoms. The van der Waals surface area contributed by atoms with Crippen molar-refractivity contribution in [3.05, 3.63) is 113 Å². The van der Waals surface area contributed by atoms with E-state index in [4.69, 9.17) is 4.74 Å². The van der Waals surface area contributed by atoms with Crippen molar-refractivity contribution in [3.8, 4) is 5.75 Å². The second-order valence-corrected chi connectivity index (χ2v) is 8.87. The molecular formula is C30H28N2O3. The monoisotopic (exact) mass is 464 g/mol. The Bertz CT molecular complexity index is 1470. The number of benzene rings is 4. The van der Waals surface area contributed by atoms with Gasteiger partial charge in [-0.3, -0.25) is 10.1 Å². The van der Waals surface area contributed by atoms with E-state index in [2.05, 4.69) is 53.6 Å². The summed E-state index contributed by atoms with van der Waals surface area (Å²) in [7, 11) is 0. The Hall–Kier alpha value is -4.09. The van der Waals surface area contributed by atoms with Crippen molar-refractivity contribution < 1.29 is 14.6 Å². The van der Waals surface area contributed by atoms with Crippen LogP contribution >= 0.6 is 0 Å². The second-order valence-electron chi connectivity index (χ2n) is 8.87. The molecule has 1 heterocycles. The van der Waals surface area contributed by atoms with Gasteiger partial charge in [0.25, 0.3) is 0 Å². The minimum absolute atomic E-state index is 0.379. The molecular weight excluding hydrogens is 436 g/mol. The minimum Gasteiger partial charge on any atom is -0.489 e. The Balaban J connectivity index is 1.39. The van der Waals surface area contributed by atoms with Crippen LogP contribution in [0.5, 0.6) is 5.75 Å². The fourth-order valence-corrected chi connectivity index (χ4v) is 4.47. The van der Waals surface area contributed by atoms with Crippen molar-refractivity contribution in [2.45, 2.75) is 32.5 Å². The lowest BCUT2D eigenvalue weighted by Crippen LogP contribution is -2.38. The van der Waals surface area contributed by atoms with E-state index in [0.717, 1.165) is 44.1 Å². The summed E-state index contributed by atoms with van der Waals surface area (Å²) in [4.78, 5) is 15.4. The molecule has 1 atom stereocenters. The number of fused-ring (bicyclic) bond motifs is 2. The fourth-order valence-electron chi connectivity index (χ4n) is 4.47. The average molecular weight is 465 g/mol. The van der Waals surface area contributed by atoms with Gasteiger partial charge < -0.3 is 14.8 Å². The van der Waals surface area contributed by atoms with E-state index in [1.807, 2.05) is 54.7 Å². The zero-order valence-electron chi connectivity index (χ0n) is 19.6. The highest BCUT2D eigenvalue weighted by Gasteiger charge is 2.20. The normalized spacial score (nSPS) is 12.1. The van der Waals surface area contributed by atoms with Gasteiger partial charge in [-0.1, -0.05) is 78.4 Å². The maximum atomic E-state index is 12.2. The number of aromatic amines is 1. The number of rotatable bonds is 9. The lowest BCUT2D eigenvalue weighted by atomic mass is 10.0. The predicted molar refractivity (Wildman–Crippen MR) is 140 cm³/mol. The van der Waals surface area contributed by atoms with Gasteiger partial charge in [-0.15, -0.1) is 0 Å². The van der Waals surface area contributed by atoms with Crippen LogP contribution in [-0.2, 0) is 24.4 Å². The first-order valence-corrected chi connectivity index (χ1v) is 11.8. The summed E-state index contributed by atoms with van der Waals surface area (Å²) in [5, 5.41) is 16.5. The number of hydrogen-bond acceptors (Lipinski definition) is 3. The van der Waals surface area contributed by atoms with Gasteiger partial charge >= 0.3 is 5.97 Å². The largest absolute Gasteiger partial charge is 0.489 e. The number of aryl methyl sites for hydroxylation is 1. The second kappa shape index (κ2) is 10.0. The third kappa shape index (κ3) is 5.05. The molecule has 1 aromatic heterocycles. The van der Waals surface area contributed by atoms with Crippen LogP contribution in [0, 0.1) is 6.92 Å². The Morgan fingerprint density at radius 1 is 0.943 bits per heavy atom. The zero-order valence-corrected chi connectivity index (χ0v) is 19.6. The summed E-state index contributed by atoms with van der Waals surface area (Å²) in [5.74, 6) is -0.120. The van der Waals surface area contributed by atoms with Crippen LogP contribution < -0.4 is 10.1 Å². The van der Waals surface area contributed by atoms with E-state index >= 15 is 0 Å². The highest BCUT2D eigenvalue weighted by molar-refractivity contribution is 5.88. The fraction of sp³-hybridized carbons (Fsp3) is 0.167. The van der Waals surface area contributed by atoms with Gasteiger partial charge in [0, 0.05) is 35.6 Å². The van der Waals surface area contributed by atoms with Crippen LogP contribution in [0.3, 0.4) is 0 Å². The molecule has 0 fully saturated rings. The van der Waals surface area contributed by atoms with Crippen molar-refractivity contribution >= 4 is 27.6 Å². The lowest BCUT2D eigenvalue weighted by Gasteiger charge is -2.18. The number of aliphatic carboxylic acids is 1. The van der Waals surface area contributed by atoms with Crippen molar-refractivity contribution in [1.82, 2.24) is 10.3 Å². The van der Waals surface area contributed by atoms with Crippen LogP contribution in [0.15, 0.2) is 91.1 Å². The number of carbonyl (C=O) groups is 1. The van der Waals surface area contributed by atoms with Crippen LogP contribution in [-0.4, -0.2) is 22.1 Å². The molecule has 5 rings (SSSR count). The minimum atomic E-state index is -0.877. The molecule has 5 aromatic rings. The number of hydrogen-bond donors (Lipinski definition) is 3. The summed E-state index contributed by atoms with van der Waals surface area (Å²) in [6, 6.07) is 27.6. The van der Waals surface area contributed by atoms with Crippen molar-refractivity contribution in [1.29, 1.82) is 0 Å². The van der Waals surface area contributed by atoms with Crippen LogP contribution in [0.4, 0.5) is 0 Å². The number of para-hydroxylation sites is 1. The summed E-state index contributed by atoms with van der Waals surface area (Å²) < 4.78 is 6.24. The van der Waals surface area contributed by atoms with E-state index in [1.54, 1.807) is 0 Å². The summed E-state index contributed by atoms with van der Waals surface area (Å²) in [6.07, 6.45) is 2.28. The van der Waals surface area contributed by atoms with E-state index in [0.29, 0.717) is 19.6 Å². The van der Waals surface area contributed by atoms with Crippen molar-refractivity contribution in [3.63, 3.8) is 0 Å². The SMILES string of the molecule is Cc1ccc(COc2ccc3ccccc3c2CNC(Cc2c[nH]c3ccccc23)C(=O)O)cc1. The standard InChI is InChI=1S/C30H28N2O3/c1-20-10-12-21(13-11-20)19-35-29-15-14-22-6-2-3-7-24(22)26(29)18-32-28(30(33)34)16-23-17-31-27-9-5-4-8-25(23)27/h2-15,17,28,31-32H,16,18-19H2,1H3,(H,33,34). The lowest BCUT2D eigenvalue weighted by molar-refractivity contribution is -0.139. The van der Waals surface area contributed by atoms with Gasteiger partial charge in [0.2, 0.25) is 0 Å². The number of carboxylic acids is 1. The average Bonchev–Trinajstić information content (AvgIpc) is 3.29. The smallest absolute Gasteiger partial charge is 0.321 e. The summed E-state index contributed by atoms with van der Waals surface area (Å²) in [5.41, 5.74) is 5.24. The van der Waals surface area contributed by atoms with Crippen molar-refractivity contribution in [2.75, 3.05) is 0 Å².